The third-order valence-corrected chi connectivity index (χ3v) is 8.62. The van der Waals surface area contributed by atoms with Crippen molar-refractivity contribution < 1.29 is 50.1 Å². The number of esters is 1. The largest absolute Gasteiger partial charge is 0.432 e. The first kappa shape index (κ1) is 30.7. The van der Waals surface area contributed by atoms with Crippen molar-refractivity contribution in [2.45, 2.75) is 76.6 Å². The number of rotatable bonds is 7. The van der Waals surface area contributed by atoms with Crippen molar-refractivity contribution in [2.75, 3.05) is 13.2 Å². The molecule has 2 aliphatic carbocycles. The van der Waals surface area contributed by atoms with Gasteiger partial charge in [-0.3, -0.25) is 4.79 Å². The Morgan fingerprint density at radius 3 is 2.00 bits per heavy atom. The molecule has 0 N–H and O–H groups in total. The topological polar surface area (TPSA) is 54.0 Å². The van der Waals surface area contributed by atoms with Gasteiger partial charge >= 0.3 is 12.1 Å². The van der Waals surface area contributed by atoms with E-state index >= 15 is 4.39 Å². The van der Waals surface area contributed by atoms with Crippen molar-refractivity contribution in [1.82, 2.24) is 0 Å². The Morgan fingerprint density at radius 2 is 1.40 bits per heavy atom. The lowest BCUT2D eigenvalue weighted by molar-refractivity contribution is -0.227. The monoisotopic (exact) mass is 600 g/mol. The highest BCUT2D eigenvalue weighted by Crippen LogP contribution is 2.44. The van der Waals surface area contributed by atoms with E-state index in [-0.39, 0.29) is 55.5 Å². The summed E-state index contributed by atoms with van der Waals surface area (Å²) in [5.41, 5.74) is 0.336. The molecule has 5 rings (SSSR count). The summed E-state index contributed by atoms with van der Waals surface area (Å²) < 4.78 is 106. The number of halogens is 6. The fourth-order valence-electron chi connectivity index (χ4n) is 6.19. The maximum atomic E-state index is 15.0. The molecule has 5 nitrogen and oxygen atoms in total. The predicted octanol–water partition coefficient (Wildman–Crippen LogP) is 7.91. The molecule has 0 radical (unpaired) electrons. The van der Waals surface area contributed by atoms with Crippen LogP contribution in [0.15, 0.2) is 30.3 Å². The van der Waals surface area contributed by atoms with Crippen LogP contribution >= 0.6 is 0 Å². The molecule has 2 aromatic rings. The Kier molecular flexibility index (Phi) is 9.37. The van der Waals surface area contributed by atoms with Crippen LogP contribution in [0, 0.1) is 46.9 Å². The van der Waals surface area contributed by atoms with E-state index < -0.39 is 47.0 Å². The van der Waals surface area contributed by atoms with E-state index in [1.807, 2.05) is 0 Å². The van der Waals surface area contributed by atoms with Gasteiger partial charge in [-0.1, -0.05) is 13.0 Å². The number of ether oxygens (including phenoxy) is 4. The lowest BCUT2D eigenvalue weighted by Gasteiger charge is -2.36. The van der Waals surface area contributed by atoms with Crippen molar-refractivity contribution in [3.8, 4) is 11.5 Å². The van der Waals surface area contributed by atoms with Crippen LogP contribution in [-0.4, -0.2) is 31.6 Å². The maximum absolute atomic E-state index is 15.0. The molecule has 3 aliphatic rings. The van der Waals surface area contributed by atoms with Crippen LogP contribution < -0.4 is 9.47 Å². The molecule has 0 aromatic heterocycles. The Labute approximate surface area is 240 Å². The minimum absolute atomic E-state index is 0.0291. The molecule has 0 atom stereocenters. The number of hydrogen-bond acceptors (Lipinski definition) is 5. The number of carbonyl (C=O) groups excluding carboxylic acids is 1. The van der Waals surface area contributed by atoms with Gasteiger partial charge in [0, 0.05) is 30.0 Å². The molecular formula is C31H34F6O5. The summed E-state index contributed by atoms with van der Waals surface area (Å²) in [5, 5.41) is 0. The molecule has 2 saturated carbocycles. The van der Waals surface area contributed by atoms with Gasteiger partial charge in [-0.25, -0.2) is 17.6 Å². The van der Waals surface area contributed by atoms with E-state index in [9.17, 15) is 26.7 Å². The lowest BCUT2D eigenvalue weighted by Crippen LogP contribution is -2.38. The average molecular weight is 601 g/mol. The van der Waals surface area contributed by atoms with E-state index in [0.717, 1.165) is 18.9 Å². The summed E-state index contributed by atoms with van der Waals surface area (Å²) in [6.45, 7) is 3.40. The smallest absolute Gasteiger partial charge is 0.400 e. The van der Waals surface area contributed by atoms with Crippen molar-refractivity contribution >= 4 is 5.97 Å². The second-order valence-corrected chi connectivity index (χ2v) is 11.8. The molecule has 1 heterocycles. The standard InChI is InChI=1S/C31H34F6O5/c1-17-15-39-30(40-16-17)20-4-2-19(3-5-20)29(38)41-22-10-11-24(25(32)12-22)18-6-8-21(9-7-18)31(36,37)42-23-13-26(33)28(35)27(34)14-23/h10-14,17-21,30H,2-9,15-16H2,1H3. The first-order chi connectivity index (χ1) is 20.0. The van der Waals surface area contributed by atoms with Gasteiger partial charge < -0.3 is 18.9 Å². The molecule has 0 unspecified atom stereocenters. The SMILES string of the molecule is CC1COC(C2CCC(C(=O)Oc3ccc(C4CCC(C(F)(F)Oc5cc(F)c(F)c(F)c5)CC4)c(F)c3)CC2)OC1. The summed E-state index contributed by atoms with van der Waals surface area (Å²) in [6, 6.07) is 4.90. The maximum Gasteiger partial charge on any atom is 0.400 e. The predicted molar refractivity (Wildman–Crippen MR) is 139 cm³/mol. The second-order valence-electron chi connectivity index (χ2n) is 11.8. The Morgan fingerprint density at radius 1 is 0.810 bits per heavy atom. The summed E-state index contributed by atoms with van der Waals surface area (Å²) in [5.74, 6) is -8.08. The van der Waals surface area contributed by atoms with Gasteiger partial charge in [-0.15, -0.1) is 0 Å². The zero-order valence-corrected chi connectivity index (χ0v) is 23.2. The first-order valence-electron chi connectivity index (χ1n) is 14.5. The summed E-state index contributed by atoms with van der Waals surface area (Å²) in [4.78, 5) is 12.8. The molecular weight excluding hydrogens is 566 g/mol. The highest BCUT2D eigenvalue weighted by Gasteiger charge is 2.44. The number of alkyl halides is 2. The summed E-state index contributed by atoms with van der Waals surface area (Å²) >= 11 is 0. The fourth-order valence-corrected chi connectivity index (χ4v) is 6.19. The quantitative estimate of drug-likeness (QED) is 0.140. The van der Waals surface area contributed by atoms with E-state index in [0.29, 0.717) is 49.7 Å². The third-order valence-electron chi connectivity index (χ3n) is 8.62. The van der Waals surface area contributed by atoms with Crippen molar-refractivity contribution in [3.05, 3.63) is 59.2 Å². The lowest BCUT2D eigenvalue weighted by atomic mass is 9.78. The van der Waals surface area contributed by atoms with E-state index in [1.165, 1.54) is 12.1 Å². The molecule has 0 spiro atoms. The normalized spacial score (nSPS) is 28.7. The van der Waals surface area contributed by atoms with Crippen LogP contribution in [0.4, 0.5) is 26.3 Å². The number of carbonyl (C=O) groups is 1. The van der Waals surface area contributed by atoms with Crippen LogP contribution in [0.25, 0.3) is 0 Å². The molecule has 230 valence electrons. The third kappa shape index (κ3) is 7.05. The Bertz CT molecular complexity index is 1230. The highest BCUT2D eigenvalue weighted by atomic mass is 19.3. The zero-order valence-electron chi connectivity index (χ0n) is 23.2. The molecule has 0 bridgehead atoms. The van der Waals surface area contributed by atoms with Gasteiger partial charge in [-0.05, 0) is 68.9 Å². The van der Waals surface area contributed by atoms with E-state index in [4.69, 9.17) is 14.2 Å². The summed E-state index contributed by atoms with van der Waals surface area (Å²) in [7, 11) is 0. The second kappa shape index (κ2) is 12.8. The number of benzene rings is 2. The highest BCUT2D eigenvalue weighted by molar-refractivity contribution is 5.75. The zero-order chi connectivity index (χ0) is 30.0. The van der Waals surface area contributed by atoms with Crippen LogP contribution in [0.5, 0.6) is 11.5 Å². The first-order valence-corrected chi connectivity index (χ1v) is 14.5. The van der Waals surface area contributed by atoms with Gasteiger partial charge in [0.15, 0.2) is 23.7 Å². The Balaban J connectivity index is 1.11. The molecule has 11 heteroatoms. The van der Waals surface area contributed by atoms with Crippen LogP contribution in [0.2, 0.25) is 0 Å². The molecule has 42 heavy (non-hydrogen) atoms. The molecule has 1 aliphatic heterocycles. The van der Waals surface area contributed by atoms with Crippen molar-refractivity contribution in [2.24, 2.45) is 23.7 Å². The van der Waals surface area contributed by atoms with Gasteiger partial charge in [0.25, 0.3) is 0 Å². The Hall–Kier alpha value is -2.79. The van der Waals surface area contributed by atoms with Crippen LogP contribution in [0.1, 0.15) is 69.8 Å². The van der Waals surface area contributed by atoms with Crippen molar-refractivity contribution in [3.63, 3.8) is 0 Å². The number of hydrogen-bond donors (Lipinski definition) is 0. The average Bonchev–Trinajstić information content (AvgIpc) is 2.96. The minimum atomic E-state index is -3.76. The van der Waals surface area contributed by atoms with E-state index in [1.54, 1.807) is 0 Å². The summed E-state index contributed by atoms with van der Waals surface area (Å²) in [6.07, 6.45) is -0.795. The molecule has 0 amide bonds. The van der Waals surface area contributed by atoms with Crippen LogP contribution in [-0.2, 0) is 14.3 Å². The van der Waals surface area contributed by atoms with Gasteiger partial charge in [0.2, 0.25) is 0 Å². The van der Waals surface area contributed by atoms with E-state index in [2.05, 4.69) is 11.7 Å². The minimum Gasteiger partial charge on any atom is -0.432 e. The van der Waals surface area contributed by atoms with Gasteiger partial charge in [0.05, 0.1) is 25.0 Å². The fraction of sp³-hybridized carbons (Fsp3) is 0.581. The van der Waals surface area contributed by atoms with Gasteiger partial charge in [0.1, 0.15) is 17.3 Å². The molecule has 1 saturated heterocycles. The molecule has 3 fully saturated rings. The molecule has 2 aromatic carbocycles. The van der Waals surface area contributed by atoms with Crippen LogP contribution in [0.3, 0.4) is 0 Å². The van der Waals surface area contributed by atoms with Crippen molar-refractivity contribution in [1.29, 1.82) is 0 Å². The van der Waals surface area contributed by atoms with Gasteiger partial charge in [-0.2, -0.15) is 8.78 Å².